The van der Waals surface area contributed by atoms with Crippen LogP contribution >= 0.6 is 23.2 Å². The third kappa shape index (κ3) is 5.33. The molecule has 0 bridgehead atoms. The number of carbonyl (C=O) groups is 2. The van der Waals surface area contributed by atoms with E-state index in [2.05, 4.69) is 0 Å². The third-order valence-electron chi connectivity index (χ3n) is 2.57. The number of alkyl halides is 3. The summed E-state index contributed by atoms with van der Waals surface area (Å²) in [6, 6.07) is 2.61. The number of carboxylic acid groups (broad SMARTS) is 1. The van der Waals surface area contributed by atoms with Gasteiger partial charge in [0.25, 0.3) is 0 Å². The lowest BCUT2D eigenvalue weighted by molar-refractivity contribution is -0.173. The molecule has 5 nitrogen and oxygen atoms in total. The Morgan fingerprint density at radius 3 is 2.35 bits per heavy atom. The number of methoxy groups -OCH3 is 1. The highest BCUT2D eigenvalue weighted by Gasteiger charge is 2.38. The molecule has 0 aromatic heterocycles. The van der Waals surface area contributed by atoms with Crippen LogP contribution in [0.3, 0.4) is 0 Å². The van der Waals surface area contributed by atoms with Crippen molar-refractivity contribution < 1.29 is 32.6 Å². The lowest BCUT2D eigenvalue weighted by Gasteiger charge is -2.10. The molecule has 0 fully saturated rings. The monoisotopic (exact) mass is 371 g/mol. The van der Waals surface area contributed by atoms with Gasteiger partial charge in [-0.2, -0.15) is 13.2 Å². The maximum Gasteiger partial charge on any atom is 0.471 e. The number of rotatable bonds is 5. The molecule has 0 heterocycles. The van der Waals surface area contributed by atoms with Crippen molar-refractivity contribution in [1.82, 2.24) is 5.32 Å². The maximum atomic E-state index is 12.1. The molecule has 1 rings (SSSR count). The van der Waals surface area contributed by atoms with Crippen molar-refractivity contribution in [3.63, 3.8) is 0 Å². The minimum atomic E-state index is -5.11. The Morgan fingerprint density at radius 1 is 1.30 bits per heavy atom. The number of hydrogen-bond acceptors (Lipinski definition) is 3. The Balaban J connectivity index is 3.11. The fourth-order valence-electron chi connectivity index (χ4n) is 1.49. The van der Waals surface area contributed by atoms with Crippen molar-refractivity contribution in [2.24, 2.45) is 0 Å². The van der Waals surface area contributed by atoms with Gasteiger partial charge in [-0.1, -0.05) is 23.2 Å². The summed E-state index contributed by atoms with van der Waals surface area (Å²) >= 11 is 11.6. The number of nitrogens with one attached hydrogen (secondary N) is 1. The van der Waals surface area contributed by atoms with Gasteiger partial charge in [0.05, 0.1) is 29.3 Å². The highest BCUT2D eigenvalue weighted by atomic mass is 35.5. The Labute approximate surface area is 138 Å². The predicted octanol–water partition coefficient (Wildman–Crippen LogP) is 3.15. The lowest BCUT2D eigenvalue weighted by Crippen LogP contribution is -2.38. The molecule has 0 radical (unpaired) electrons. The zero-order valence-corrected chi connectivity index (χ0v) is 13.0. The van der Waals surface area contributed by atoms with Gasteiger partial charge in [0.15, 0.2) is 0 Å². The first-order valence-electron chi connectivity index (χ1n) is 5.88. The standard InChI is InChI=1S/C13H10Cl2F3NO4/c1-23-10-4-9(15)8(14)3-6(10)2-7(11(20)21)5-19-12(22)13(16,17)18/h2-4H,5H2,1H3,(H,19,22)(H,20,21)/b7-2+. The van der Waals surface area contributed by atoms with Gasteiger partial charge in [0.1, 0.15) is 5.75 Å². The smallest absolute Gasteiger partial charge is 0.471 e. The molecule has 0 spiro atoms. The molecule has 23 heavy (non-hydrogen) atoms. The summed E-state index contributed by atoms with van der Waals surface area (Å²) in [5, 5.41) is 10.8. The second-order valence-corrected chi connectivity index (χ2v) is 4.98. The van der Waals surface area contributed by atoms with Crippen molar-refractivity contribution >= 4 is 41.2 Å². The Hall–Kier alpha value is -1.93. The van der Waals surface area contributed by atoms with E-state index < -0.39 is 30.2 Å². The van der Waals surface area contributed by atoms with Crippen molar-refractivity contribution in [2.45, 2.75) is 6.18 Å². The Kier molecular flexibility index (Phi) is 6.28. The average molecular weight is 372 g/mol. The summed E-state index contributed by atoms with van der Waals surface area (Å²) in [4.78, 5) is 21.9. The van der Waals surface area contributed by atoms with Gasteiger partial charge in [-0.3, -0.25) is 4.79 Å². The zero-order chi connectivity index (χ0) is 17.8. The van der Waals surface area contributed by atoms with Crippen LogP contribution in [0.4, 0.5) is 13.2 Å². The van der Waals surface area contributed by atoms with E-state index in [9.17, 15) is 22.8 Å². The summed E-state index contributed by atoms with van der Waals surface area (Å²) in [5.41, 5.74) is -0.320. The van der Waals surface area contributed by atoms with E-state index in [-0.39, 0.29) is 21.4 Å². The van der Waals surface area contributed by atoms with Crippen molar-refractivity contribution in [3.8, 4) is 5.75 Å². The number of carbonyl (C=O) groups excluding carboxylic acids is 1. The number of halogens is 5. The highest BCUT2D eigenvalue weighted by molar-refractivity contribution is 6.42. The SMILES string of the molecule is COc1cc(Cl)c(Cl)cc1/C=C(\CNC(=O)C(F)(F)F)C(=O)O. The van der Waals surface area contributed by atoms with Crippen LogP contribution in [0, 0.1) is 0 Å². The maximum absolute atomic E-state index is 12.1. The summed E-state index contributed by atoms with van der Waals surface area (Å²) in [5.74, 6) is -3.59. The molecular weight excluding hydrogens is 362 g/mol. The molecule has 10 heteroatoms. The van der Waals surface area contributed by atoms with Crippen molar-refractivity contribution in [2.75, 3.05) is 13.7 Å². The minimum Gasteiger partial charge on any atom is -0.496 e. The lowest BCUT2D eigenvalue weighted by atomic mass is 10.1. The molecule has 126 valence electrons. The quantitative estimate of drug-likeness (QED) is 0.779. The average Bonchev–Trinajstić information content (AvgIpc) is 2.44. The first-order chi connectivity index (χ1) is 10.6. The fraction of sp³-hybridized carbons (Fsp3) is 0.231. The van der Waals surface area contributed by atoms with Crippen LogP contribution in [0.2, 0.25) is 10.0 Å². The summed E-state index contributed by atoms with van der Waals surface area (Å²) in [7, 11) is 1.29. The molecule has 0 aliphatic carbocycles. The van der Waals surface area contributed by atoms with E-state index >= 15 is 0 Å². The normalized spacial score (nSPS) is 12.0. The molecule has 0 saturated heterocycles. The number of benzene rings is 1. The van der Waals surface area contributed by atoms with Crippen LogP contribution in [0.15, 0.2) is 17.7 Å². The number of carboxylic acids is 1. The minimum absolute atomic E-state index is 0.0998. The topological polar surface area (TPSA) is 75.6 Å². The van der Waals surface area contributed by atoms with E-state index in [1.165, 1.54) is 24.6 Å². The molecular formula is C13H10Cl2F3NO4. The van der Waals surface area contributed by atoms with Gasteiger partial charge in [-0.15, -0.1) is 0 Å². The van der Waals surface area contributed by atoms with E-state index in [4.69, 9.17) is 33.0 Å². The van der Waals surface area contributed by atoms with Gasteiger partial charge in [0, 0.05) is 11.6 Å². The highest BCUT2D eigenvalue weighted by Crippen LogP contribution is 2.31. The summed E-state index contributed by atoms with van der Waals surface area (Å²) in [6.07, 6.45) is -4.08. The van der Waals surface area contributed by atoms with Crippen LogP contribution in [0.25, 0.3) is 6.08 Å². The Morgan fingerprint density at radius 2 is 1.87 bits per heavy atom. The van der Waals surface area contributed by atoms with Gasteiger partial charge in [-0.05, 0) is 12.1 Å². The number of amides is 1. The zero-order valence-electron chi connectivity index (χ0n) is 11.5. The van der Waals surface area contributed by atoms with E-state index in [1.54, 1.807) is 0 Å². The van der Waals surface area contributed by atoms with Gasteiger partial charge < -0.3 is 15.2 Å². The first kappa shape index (κ1) is 19.1. The molecule has 1 aromatic carbocycles. The largest absolute Gasteiger partial charge is 0.496 e. The van der Waals surface area contributed by atoms with E-state index in [0.29, 0.717) is 0 Å². The van der Waals surface area contributed by atoms with Crippen molar-refractivity contribution in [1.29, 1.82) is 0 Å². The van der Waals surface area contributed by atoms with Gasteiger partial charge in [-0.25, -0.2) is 4.79 Å². The molecule has 1 aromatic rings. The molecule has 0 aliphatic rings. The summed E-state index contributed by atoms with van der Waals surface area (Å²) in [6.45, 7) is -0.836. The number of hydrogen-bond donors (Lipinski definition) is 2. The molecule has 0 aliphatic heterocycles. The van der Waals surface area contributed by atoms with Gasteiger partial charge >= 0.3 is 18.1 Å². The van der Waals surface area contributed by atoms with Crippen LogP contribution in [0.1, 0.15) is 5.56 Å². The second-order valence-electron chi connectivity index (χ2n) is 4.16. The van der Waals surface area contributed by atoms with E-state index in [1.807, 2.05) is 0 Å². The second kappa shape index (κ2) is 7.56. The first-order valence-corrected chi connectivity index (χ1v) is 6.63. The van der Waals surface area contributed by atoms with Crippen LogP contribution in [-0.4, -0.2) is 36.8 Å². The fourth-order valence-corrected chi connectivity index (χ4v) is 1.81. The molecule has 0 atom stereocenters. The Bertz CT molecular complexity index is 659. The van der Waals surface area contributed by atoms with Crippen LogP contribution < -0.4 is 10.1 Å². The number of ether oxygens (including phenoxy) is 1. The van der Waals surface area contributed by atoms with Crippen molar-refractivity contribution in [3.05, 3.63) is 33.3 Å². The molecule has 0 saturated carbocycles. The summed E-state index contributed by atoms with van der Waals surface area (Å²) < 4.78 is 41.3. The van der Waals surface area contributed by atoms with E-state index in [0.717, 1.165) is 6.08 Å². The molecule has 0 unspecified atom stereocenters. The van der Waals surface area contributed by atoms with Crippen LogP contribution in [0.5, 0.6) is 5.75 Å². The van der Waals surface area contributed by atoms with Gasteiger partial charge in [0.2, 0.25) is 0 Å². The predicted molar refractivity (Wildman–Crippen MR) is 77.7 cm³/mol. The number of aliphatic carboxylic acids is 1. The molecule has 1 amide bonds. The molecule has 2 N–H and O–H groups in total. The third-order valence-corrected chi connectivity index (χ3v) is 3.30. The van der Waals surface area contributed by atoms with Crippen LogP contribution in [-0.2, 0) is 9.59 Å².